The predicted octanol–water partition coefficient (Wildman–Crippen LogP) is 4.20. The van der Waals surface area contributed by atoms with Crippen LogP contribution >= 0.6 is 11.6 Å². The van der Waals surface area contributed by atoms with Crippen molar-refractivity contribution in [2.24, 2.45) is 0 Å². The van der Waals surface area contributed by atoms with Crippen molar-refractivity contribution in [3.8, 4) is 22.6 Å². The van der Waals surface area contributed by atoms with Crippen LogP contribution in [0.15, 0.2) is 41.3 Å². The van der Waals surface area contributed by atoms with Gasteiger partial charge in [-0.3, -0.25) is 0 Å². The zero-order valence-corrected chi connectivity index (χ0v) is 14.4. The molecule has 0 aliphatic heterocycles. The lowest BCUT2D eigenvalue weighted by Gasteiger charge is -2.13. The third kappa shape index (κ3) is 2.60. The van der Waals surface area contributed by atoms with Crippen LogP contribution in [0.3, 0.4) is 0 Å². The molecule has 0 unspecified atom stereocenters. The molecule has 2 N–H and O–H groups in total. The van der Waals surface area contributed by atoms with Crippen LogP contribution in [0.1, 0.15) is 11.4 Å². The fourth-order valence-electron chi connectivity index (χ4n) is 2.92. The number of nitrogens with two attached hydrogens (primary N) is 1. The number of benzene rings is 1. The molecular weight excluding hydrogens is 338 g/mol. The molecule has 3 aromatic heterocycles. The fraction of sp³-hybridized carbons (Fsp3) is 0.111. The smallest absolute Gasteiger partial charge is 0.220 e. The Labute approximate surface area is 148 Å². The van der Waals surface area contributed by atoms with Crippen LogP contribution in [0.5, 0.6) is 0 Å². The zero-order valence-electron chi connectivity index (χ0n) is 13.6. The molecule has 6 nitrogen and oxygen atoms in total. The molecular formula is C18H14ClN5O. The van der Waals surface area contributed by atoms with Gasteiger partial charge in [-0.25, -0.2) is 19.9 Å². The Hall–Kier alpha value is -2.99. The number of halogens is 1. The van der Waals surface area contributed by atoms with Gasteiger partial charge < -0.3 is 10.2 Å². The highest BCUT2D eigenvalue weighted by Crippen LogP contribution is 2.37. The number of anilines is 1. The normalized spacial score (nSPS) is 11.2. The van der Waals surface area contributed by atoms with Gasteiger partial charge in [-0.1, -0.05) is 11.6 Å². The molecule has 0 atom stereocenters. The number of furan rings is 1. The average Bonchev–Trinajstić information content (AvgIpc) is 3.09. The van der Waals surface area contributed by atoms with E-state index in [0.29, 0.717) is 22.0 Å². The summed E-state index contributed by atoms with van der Waals surface area (Å²) in [5.74, 6) is 0.809. The average molecular weight is 352 g/mol. The van der Waals surface area contributed by atoms with E-state index in [-0.39, 0.29) is 5.95 Å². The van der Waals surface area contributed by atoms with Crippen LogP contribution in [0.25, 0.3) is 33.5 Å². The molecule has 7 heteroatoms. The number of hydrogen-bond acceptors (Lipinski definition) is 6. The number of nitrogen functional groups attached to an aromatic ring is 1. The van der Waals surface area contributed by atoms with Gasteiger partial charge in [0.2, 0.25) is 5.95 Å². The summed E-state index contributed by atoms with van der Waals surface area (Å²) in [7, 11) is 0. The summed E-state index contributed by atoms with van der Waals surface area (Å²) < 4.78 is 5.53. The SMILES string of the molecule is Cc1nc(N)nc(-c2ccco2)c1-c1cc(Cl)c2ncnc(C)c2c1. The lowest BCUT2D eigenvalue weighted by Crippen LogP contribution is -2.02. The molecule has 0 saturated carbocycles. The number of nitrogens with zero attached hydrogens (tertiary/aromatic N) is 4. The first-order valence-electron chi connectivity index (χ1n) is 7.64. The maximum Gasteiger partial charge on any atom is 0.220 e. The van der Waals surface area contributed by atoms with E-state index < -0.39 is 0 Å². The molecule has 0 radical (unpaired) electrons. The summed E-state index contributed by atoms with van der Waals surface area (Å²) in [5.41, 5.74) is 10.5. The van der Waals surface area contributed by atoms with Crippen LogP contribution in [-0.2, 0) is 0 Å². The maximum absolute atomic E-state index is 6.47. The highest BCUT2D eigenvalue weighted by atomic mass is 35.5. The van der Waals surface area contributed by atoms with Gasteiger partial charge in [0.15, 0.2) is 5.76 Å². The highest BCUT2D eigenvalue weighted by molar-refractivity contribution is 6.35. The van der Waals surface area contributed by atoms with Crippen LogP contribution in [0.2, 0.25) is 5.02 Å². The molecule has 4 aromatic rings. The van der Waals surface area contributed by atoms with E-state index in [1.807, 2.05) is 32.0 Å². The fourth-order valence-corrected chi connectivity index (χ4v) is 3.19. The van der Waals surface area contributed by atoms with Crippen molar-refractivity contribution in [2.75, 3.05) is 5.73 Å². The van der Waals surface area contributed by atoms with Crippen molar-refractivity contribution in [3.63, 3.8) is 0 Å². The molecule has 4 rings (SSSR count). The van der Waals surface area contributed by atoms with Gasteiger partial charge in [-0.2, -0.15) is 0 Å². The molecule has 0 amide bonds. The minimum absolute atomic E-state index is 0.194. The van der Waals surface area contributed by atoms with Crippen LogP contribution in [0, 0.1) is 13.8 Å². The van der Waals surface area contributed by atoms with Crippen molar-refractivity contribution in [1.82, 2.24) is 19.9 Å². The molecule has 0 fully saturated rings. The first-order valence-corrected chi connectivity index (χ1v) is 8.01. The summed E-state index contributed by atoms with van der Waals surface area (Å²) in [6, 6.07) is 7.48. The largest absolute Gasteiger partial charge is 0.463 e. The second-order valence-corrected chi connectivity index (χ2v) is 6.09. The van der Waals surface area contributed by atoms with Crippen molar-refractivity contribution in [2.45, 2.75) is 13.8 Å². The predicted molar refractivity (Wildman–Crippen MR) is 97.2 cm³/mol. The molecule has 0 saturated heterocycles. The Bertz CT molecular complexity index is 1090. The van der Waals surface area contributed by atoms with Gasteiger partial charge in [0.05, 0.1) is 22.5 Å². The Balaban J connectivity index is 2.06. The van der Waals surface area contributed by atoms with Gasteiger partial charge in [-0.15, -0.1) is 0 Å². The molecule has 0 aliphatic rings. The van der Waals surface area contributed by atoms with Gasteiger partial charge in [-0.05, 0) is 43.7 Å². The summed E-state index contributed by atoms with van der Waals surface area (Å²) in [5, 5.41) is 1.42. The Kier molecular flexibility index (Phi) is 3.62. The summed E-state index contributed by atoms with van der Waals surface area (Å²) in [4.78, 5) is 17.2. The maximum atomic E-state index is 6.47. The monoisotopic (exact) mass is 351 g/mol. The van der Waals surface area contributed by atoms with Crippen molar-refractivity contribution >= 4 is 28.5 Å². The van der Waals surface area contributed by atoms with E-state index >= 15 is 0 Å². The molecule has 25 heavy (non-hydrogen) atoms. The Morgan fingerprint density at radius 1 is 1.08 bits per heavy atom. The van der Waals surface area contributed by atoms with E-state index in [1.165, 1.54) is 6.33 Å². The second-order valence-electron chi connectivity index (χ2n) is 5.68. The van der Waals surface area contributed by atoms with Crippen molar-refractivity contribution < 1.29 is 4.42 Å². The van der Waals surface area contributed by atoms with Crippen LogP contribution < -0.4 is 5.73 Å². The quantitative estimate of drug-likeness (QED) is 0.582. The van der Waals surface area contributed by atoms with Crippen LogP contribution in [0.4, 0.5) is 5.95 Å². The van der Waals surface area contributed by atoms with Gasteiger partial charge in [0.25, 0.3) is 0 Å². The summed E-state index contributed by atoms with van der Waals surface area (Å²) >= 11 is 6.47. The standard InChI is InChI=1S/C18H14ClN5O/c1-9-12-6-11(7-13(19)16(12)22-8-21-9)15-10(2)23-18(20)24-17(15)14-4-3-5-25-14/h3-8H,1-2H3,(H2,20,23,24). The first-order chi connectivity index (χ1) is 12.0. The minimum Gasteiger partial charge on any atom is -0.463 e. The lowest BCUT2D eigenvalue weighted by molar-refractivity contribution is 0.580. The van der Waals surface area contributed by atoms with E-state index in [2.05, 4.69) is 19.9 Å². The molecule has 0 spiro atoms. The number of rotatable bonds is 2. The molecule has 124 valence electrons. The van der Waals surface area contributed by atoms with E-state index in [4.69, 9.17) is 21.8 Å². The van der Waals surface area contributed by atoms with E-state index in [1.54, 1.807) is 12.3 Å². The molecule has 0 bridgehead atoms. The summed E-state index contributed by atoms with van der Waals surface area (Å²) in [6.45, 7) is 3.80. The number of aryl methyl sites for hydroxylation is 2. The van der Waals surface area contributed by atoms with Crippen LogP contribution in [-0.4, -0.2) is 19.9 Å². The summed E-state index contributed by atoms with van der Waals surface area (Å²) in [6.07, 6.45) is 3.10. The van der Waals surface area contributed by atoms with Crippen molar-refractivity contribution in [3.05, 3.63) is 53.3 Å². The van der Waals surface area contributed by atoms with Gasteiger partial charge >= 0.3 is 0 Å². The lowest BCUT2D eigenvalue weighted by atomic mass is 9.98. The molecule has 0 aliphatic carbocycles. The zero-order chi connectivity index (χ0) is 17.6. The molecule has 3 heterocycles. The minimum atomic E-state index is 0.194. The molecule has 1 aromatic carbocycles. The van der Waals surface area contributed by atoms with E-state index in [0.717, 1.165) is 27.9 Å². The van der Waals surface area contributed by atoms with E-state index in [9.17, 15) is 0 Å². The number of aromatic nitrogens is 4. The first kappa shape index (κ1) is 15.5. The Morgan fingerprint density at radius 2 is 1.92 bits per heavy atom. The third-order valence-electron chi connectivity index (χ3n) is 4.04. The van der Waals surface area contributed by atoms with Gasteiger partial charge in [0.1, 0.15) is 12.0 Å². The second kappa shape index (κ2) is 5.82. The third-order valence-corrected chi connectivity index (χ3v) is 4.33. The topological polar surface area (TPSA) is 90.7 Å². The van der Waals surface area contributed by atoms with Gasteiger partial charge in [0, 0.05) is 16.6 Å². The number of fused-ring (bicyclic) bond motifs is 1. The van der Waals surface area contributed by atoms with Crippen molar-refractivity contribution in [1.29, 1.82) is 0 Å². The highest BCUT2D eigenvalue weighted by Gasteiger charge is 2.18. The number of hydrogen-bond donors (Lipinski definition) is 1. The Morgan fingerprint density at radius 3 is 2.68 bits per heavy atom.